The number of hydrogen-bond acceptors (Lipinski definition) is 2. The van der Waals surface area contributed by atoms with Crippen molar-refractivity contribution in [2.45, 2.75) is 0 Å². The van der Waals surface area contributed by atoms with Crippen molar-refractivity contribution in [2.75, 3.05) is 4.90 Å². The predicted octanol–water partition coefficient (Wildman–Crippen LogP) is 16.7. The lowest BCUT2D eigenvalue weighted by Gasteiger charge is -2.29. The topological polar surface area (TPSA) is 16.4 Å². The van der Waals surface area contributed by atoms with Crippen LogP contribution in [0.2, 0.25) is 0 Å². The first kappa shape index (κ1) is 34.1. The summed E-state index contributed by atoms with van der Waals surface area (Å²) in [4.78, 5) is 2.42. The van der Waals surface area contributed by atoms with Crippen molar-refractivity contribution in [3.05, 3.63) is 224 Å². The van der Waals surface area contributed by atoms with E-state index in [1.54, 1.807) is 0 Å². The van der Waals surface area contributed by atoms with Crippen molar-refractivity contribution in [1.82, 2.24) is 0 Å². The Hall–Kier alpha value is -7.94. The van der Waals surface area contributed by atoms with Gasteiger partial charge in [0.25, 0.3) is 0 Å². The maximum atomic E-state index is 6.48. The molecule has 2 heteroatoms. The molecule has 2 nitrogen and oxygen atoms in total. The number of anilines is 3. The summed E-state index contributed by atoms with van der Waals surface area (Å²) in [6.45, 7) is 0. The first-order chi connectivity index (χ1) is 29.7. The maximum absolute atomic E-state index is 6.48. The quantitative estimate of drug-likeness (QED) is 0.157. The number of benzene rings is 11. The maximum Gasteiger partial charge on any atom is 0.137 e. The molecule has 0 atom stereocenters. The molecular formula is C58H37NO. The molecule has 0 unspecified atom stereocenters. The van der Waals surface area contributed by atoms with Gasteiger partial charge in [-0.2, -0.15) is 0 Å². The van der Waals surface area contributed by atoms with E-state index in [4.69, 9.17) is 4.42 Å². The van der Waals surface area contributed by atoms with Gasteiger partial charge in [-0.25, -0.2) is 0 Å². The monoisotopic (exact) mass is 763 g/mol. The van der Waals surface area contributed by atoms with Crippen LogP contribution in [0.15, 0.2) is 229 Å². The van der Waals surface area contributed by atoms with E-state index in [-0.39, 0.29) is 0 Å². The van der Waals surface area contributed by atoms with Gasteiger partial charge in [0.1, 0.15) is 11.2 Å². The average molecular weight is 764 g/mol. The number of para-hydroxylation sites is 2. The van der Waals surface area contributed by atoms with Crippen LogP contribution in [0.4, 0.5) is 17.1 Å². The van der Waals surface area contributed by atoms with Crippen molar-refractivity contribution in [3.63, 3.8) is 0 Å². The van der Waals surface area contributed by atoms with Crippen LogP contribution in [0.3, 0.4) is 0 Å². The second kappa shape index (κ2) is 13.9. The van der Waals surface area contributed by atoms with Gasteiger partial charge in [-0.05, 0) is 119 Å². The predicted molar refractivity (Wildman–Crippen MR) is 255 cm³/mol. The van der Waals surface area contributed by atoms with Crippen LogP contribution < -0.4 is 4.90 Å². The number of fused-ring (bicyclic) bond motifs is 9. The van der Waals surface area contributed by atoms with Gasteiger partial charge in [0.15, 0.2) is 0 Å². The molecule has 60 heavy (non-hydrogen) atoms. The zero-order chi connectivity index (χ0) is 39.6. The summed E-state index contributed by atoms with van der Waals surface area (Å²) in [6, 6.07) is 81.4. The minimum Gasteiger partial charge on any atom is -0.456 e. The minimum absolute atomic E-state index is 0.863. The molecule has 0 radical (unpaired) electrons. The van der Waals surface area contributed by atoms with Crippen LogP contribution in [0.25, 0.3) is 98.4 Å². The Morgan fingerprint density at radius 2 is 0.767 bits per heavy atom. The van der Waals surface area contributed by atoms with E-state index in [0.29, 0.717) is 0 Å². The summed E-state index contributed by atoms with van der Waals surface area (Å²) in [5, 5.41) is 12.2. The van der Waals surface area contributed by atoms with E-state index >= 15 is 0 Å². The SMILES string of the molecule is c1cc(-c2ccc(-c3ccc4ccc5ccccc5c4c3)cc2)cc(N(c2ccccc2-c2ccc3ccc4ccccc4c3c2)c2cccc3oc4ccccc4c23)c1. The van der Waals surface area contributed by atoms with Crippen molar-refractivity contribution < 1.29 is 4.42 Å². The molecule has 11 aromatic carbocycles. The largest absolute Gasteiger partial charge is 0.456 e. The Labute approximate surface area is 347 Å². The Kier molecular flexibility index (Phi) is 7.89. The Balaban J connectivity index is 1.01. The first-order valence-corrected chi connectivity index (χ1v) is 20.6. The van der Waals surface area contributed by atoms with Gasteiger partial charge in [0, 0.05) is 16.6 Å². The summed E-state index contributed by atoms with van der Waals surface area (Å²) in [7, 11) is 0. The third kappa shape index (κ3) is 5.65. The molecular weight excluding hydrogens is 727 g/mol. The van der Waals surface area contributed by atoms with Gasteiger partial charge < -0.3 is 9.32 Å². The minimum atomic E-state index is 0.863. The highest BCUT2D eigenvalue weighted by Crippen LogP contribution is 2.47. The van der Waals surface area contributed by atoms with Gasteiger partial charge >= 0.3 is 0 Å². The molecule has 0 amide bonds. The molecule has 1 aromatic heterocycles. The molecule has 12 aromatic rings. The molecule has 280 valence electrons. The van der Waals surface area contributed by atoms with Crippen LogP contribution >= 0.6 is 0 Å². The number of furan rings is 1. The molecule has 12 rings (SSSR count). The lowest BCUT2D eigenvalue weighted by Crippen LogP contribution is -2.11. The normalized spacial score (nSPS) is 11.7. The molecule has 0 N–H and O–H groups in total. The van der Waals surface area contributed by atoms with E-state index in [1.165, 1.54) is 54.2 Å². The van der Waals surface area contributed by atoms with Gasteiger partial charge in [-0.3, -0.25) is 0 Å². The second-order valence-corrected chi connectivity index (χ2v) is 15.7. The summed E-state index contributed by atoms with van der Waals surface area (Å²) in [5.41, 5.74) is 12.0. The van der Waals surface area contributed by atoms with Crippen molar-refractivity contribution in [2.24, 2.45) is 0 Å². The van der Waals surface area contributed by atoms with Crippen LogP contribution in [0.1, 0.15) is 0 Å². The summed E-state index contributed by atoms with van der Waals surface area (Å²) >= 11 is 0. The molecule has 0 aliphatic heterocycles. The van der Waals surface area contributed by atoms with Crippen molar-refractivity contribution in [1.29, 1.82) is 0 Å². The molecule has 0 bridgehead atoms. The number of hydrogen-bond donors (Lipinski definition) is 0. The highest BCUT2D eigenvalue weighted by molar-refractivity contribution is 6.15. The highest BCUT2D eigenvalue weighted by atomic mass is 16.3. The van der Waals surface area contributed by atoms with E-state index in [2.05, 4.69) is 223 Å². The van der Waals surface area contributed by atoms with Crippen LogP contribution in [-0.4, -0.2) is 0 Å². The van der Waals surface area contributed by atoms with E-state index in [1.807, 2.05) is 6.07 Å². The summed E-state index contributed by atoms with van der Waals surface area (Å²) < 4.78 is 6.48. The van der Waals surface area contributed by atoms with Crippen LogP contribution in [0, 0.1) is 0 Å². The Morgan fingerprint density at radius 3 is 1.48 bits per heavy atom. The lowest BCUT2D eigenvalue weighted by atomic mass is 9.95. The molecule has 0 saturated carbocycles. The van der Waals surface area contributed by atoms with Gasteiger partial charge in [-0.1, -0.05) is 176 Å². The van der Waals surface area contributed by atoms with Gasteiger partial charge in [-0.15, -0.1) is 0 Å². The third-order valence-electron chi connectivity index (χ3n) is 12.2. The lowest BCUT2D eigenvalue weighted by molar-refractivity contribution is 0.669. The van der Waals surface area contributed by atoms with E-state index < -0.39 is 0 Å². The first-order valence-electron chi connectivity index (χ1n) is 20.6. The number of nitrogens with zero attached hydrogens (tertiary/aromatic N) is 1. The standard InChI is InChI=1S/C58H37NO/c1-3-15-48-40(11-1)27-29-42-31-33-45(36-52(42)48)39-25-23-38(24-26-39)44-13-9-14-47(35-44)59(55-20-10-22-57-58(55)51-18-6-8-21-56(51)60-57)54-19-7-5-17-50(54)46-34-32-43-30-28-41-12-2-4-16-49(41)53(43)37-46/h1-37H. The van der Waals surface area contributed by atoms with Crippen LogP contribution in [0.5, 0.6) is 0 Å². The fourth-order valence-corrected chi connectivity index (χ4v) is 9.29. The zero-order valence-corrected chi connectivity index (χ0v) is 32.7. The fourth-order valence-electron chi connectivity index (χ4n) is 9.29. The fraction of sp³-hybridized carbons (Fsp3) is 0. The van der Waals surface area contributed by atoms with Gasteiger partial charge in [0.05, 0.1) is 16.8 Å². The highest BCUT2D eigenvalue weighted by Gasteiger charge is 2.22. The summed E-state index contributed by atoms with van der Waals surface area (Å²) in [6.07, 6.45) is 0. The van der Waals surface area contributed by atoms with Crippen LogP contribution in [-0.2, 0) is 0 Å². The zero-order valence-electron chi connectivity index (χ0n) is 32.7. The van der Waals surface area contributed by atoms with E-state index in [0.717, 1.165) is 61.3 Å². The average Bonchev–Trinajstić information content (AvgIpc) is 3.71. The Morgan fingerprint density at radius 1 is 0.283 bits per heavy atom. The van der Waals surface area contributed by atoms with Crippen molar-refractivity contribution in [3.8, 4) is 33.4 Å². The molecule has 0 spiro atoms. The molecule has 1 heterocycles. The third-order valence-corrected chi connectivity index (χ3v) is 12.2. The number of rotatable bonds is 6. The Bertz CT molecular complexity index is 3610. The molecule has 0 saturated heterocycles. The van der Waals surface area contributed by atoms with E-state index in [9.17, 15) is 0 Å². The van der Waals surface area contributed by atoms with Crippen molar-refractivity contribution >= 4 is 82.1 Å². The molecule has 0 aliphatic carbocycles. The smallest absolute Gasteiger partial charge is 0.137 e. The molecule has 0 aliphatic rings. The van der Waals surface area contributed by atoms with Gasteiger partial charge in [0.2, 0.25) is 0 Å². The second-order valence-electron chi connectivity index (χ2n) is 15.7. The summed E-state index contributed by atoms with van der Waals surface area (Å²) in [5.74, 6) is 0. The molecule has 0 fully saturated rings.